The molecular weight excluding hydrogens is 507 g/mol. The fourth-order valence-corrected chi connectivity index (χ4v) is 5.96. The first-order valence-electron chi connectivity index (χ1n) is 12.6. The Labute approximate surface area is 227 Å². The van der Waals surface area contributed by atoms with Crippen LogP contribution in [0.15, 0.2) is 24.3 Å². The summed E-state index contributed by atoms with van der Waals surface area (Å²) in [6.07, 6.45) is 1.47. The van der Waals surface area contributed by atoms with Gasteiger partial charge in [-0.1, -0.05) is 29.3 Å². The maximum atomic E-state index is 13.2. The van der Waals surface area contributed by atoms with Crippen molar-refractivity contribution >= 4 is 40.0 Å². The highest BCUT2D eigenvalue weighted by Gasteiger charge is 2.32. The van der Waals surface area contributed by atoms with Crippen LogP contribution in [0.1, 0.15) is 58.0 Å². The van der Waals surface area contributed by atoms with E-state index in [9.17, 15) is 4.79 Å². The number of rotatable bonds is 6. The molecule has 2 aromatic heterocycles. The van der Waals surface area contributed by atoms with E-state index in [0.717, 1.165) is 73.0 Å². The third kappa shape index (κ3) is 4.30. The molecule has 1 N–H and O–H groups in total. The molecule has 6 nitrogen and oxygen atoms in total. The number of halogens is 2. The highest BCUT2D eigenvalue weighted by atomic mass is 35.5. The molecule has 0 saturated heterocycles. The zero-order chi connectivity index (χ0) is 26.6. The molecule has 1 atom stereocenters. The Kier molecular flexibility index (Phi) is 6.75. The lowest BCUT2D eigenvalue weighted by Gasteiger charge is -2.25. The Morgan fingerprint density at radius 3 is 2.46 bits per heavy atom. The standard InChI is InChI=1S/C29H32Cl2N4O2/c1-15-12-20(13-16(2)26(15)31)37-11-7-8-21-22-9-10-23(30)25(24-18(4)33-34(6)19(24)5)27(22)35-17(3)14-32-29(36)28(21)35/h9-10,12-13,17H,7-8,11,14H2,1-6H3,(H,32,36)/t17-/m1/s1. The van der Waals surface area contributed by atoms with Crippen molar-refractivity contribution in [3.05, 3.63) is 68.1 Å². The van der Waals surface area contributed by atoms with Gasteiger partial charge in [0.15, 0.2) is 0 Å². The van der Waals surface area contributed by atoms with Gasteiger partial charge in [0.1, 0.15) is 11.4 Å². The molecule has 1 aliphatic heterocycles. The average molecular weight is 540 g/mol. The van der Waals surface area contributed by atoms with Gasteiger partial charge in [-0.2, -0.15) is 5.10 Å². The van der Waals surface area contributed by atoms with Crippen LogP contribution in [-0.4, -0.2) is 33.4 Å². The number of nitrogens with zero attached hydrogens (tertiary/aromatic N) is 3. The lowest BCUT2D eigenvalue weighted by Crippen LogP contribution is -2.38. The SMILES string of the molecule is Cc1cc(OCCCc2c3n(c4c(-c5c(C)nn(C)c5C)c(Cl)ccc24)[C@H](C)CNC3=O)cc(C)c1Cl. The molecule has 0 bridgehead atoms. The molecule has 1 aliphatic rings. The number of aryl methyl sites for hydroxylation is 5. The summed E-state index contributed by atoms with van der Waals surface area (Å²) in [5.74, 6) is 0.766. The Morgan fingerprint density at radius 2 is 1.81 bits per heavy atom. The first-order chi connectivity index (χ1) is 17.6. The molecule has 1 amide bonds. The van der Waals surface area contributed by atoms with Crippen LogP contribution in [0.4, 0.5) is 0 Å². The molecule has 194 valence electrons. The van der Waals surface area contributed by atoms with Crippen molar-refractivity contribution in [1.82, 2.24) is 19.7 Å². The lowest BCUT2D eigenvalue weighted by atomic mass is 9.98. The first kappa shape index (κ1) is 25.7. The first-order valence-corrected chi connectivity index (χ1v) is 13.4. The second-order valence-corrected chi connectivity index (χ2v) is 10.9. The van der Waals surface area contributed by atoms with Crippen molar-refractivity contribution in [2.45, 2.75) is 53.5 Å². The molecule has 8 heteroatoms. The van der Waals surface area contributed by atoms with Gasteiger partial charge in [0.2, 0.25) is 0 Å². The largest absolute Gasteiger partial charge is 0.494 e. The van der Waals surface area contributed by atoms with E-state index in [0.29, 0.717) is 24.6 Å². The number of aromatic nitrogens is 3. The number of hydrogen-bond donors (Lipinski definition) is 1. The summed E-state index contributed by atoms with van der Waals surface area (Å²) in [7, 11) is 1.94. The molecule has 0 radical (unpaired) electrons. The van der Waals surface area contributed by atoms with Crippen LogP contribution in [0.25, 0.3) is 22.0 Å². The van der Waals surface area contributed by atoms with Crippen LogP contribution >= 0.6 is 23.2 Å². The number of nitrogens with one attached hydrogen (secondary N) is 1. The molecule has 37 heavy (non-hydrogen) atoms. The second kappa shape index (κ2) is 9.73. The predicted molar refractivity (Wildman–Crippen MR) is 150 cm³/mol. The number of amides is 1. The van der Waals surface area contributed by atoms with E-state index >= 15 is 0 Å². The number of benzene rings is 2. The zero-order valence-corrected chi connectivity index (χ0v) is 23.6. The molecule has 0 spiro atoms. The molecular formula is C29H32Cl2N4O2. The van der Waals surface area contributed by atoms with Gasteiger partial charge in [-0.25, -0.2) is 0 Å². The number of carbonyl (C=O) groups is 1. The summed E-state index contributed by atoms with van der Waals surface area (Å²) in [5, 5.41) is 10.2. The number of hydrogen-bond acceptors (Lipinski definition) is 3. The van der Waals surface area contributed by atoms with Crippen LogP contribution < -0.4 is 10.1 Å². The van der Waals surface area contributed by atoms with Crippen LogP contribution in [0.5, 0.6) is 5.75 Å². The minimum Gasteiger partial charge on any atom is -0.494 e. The maximum absolute atomic E-state index is 13.2. The summed E-state index contributed by atoms with van der Waals surface area (Å²) >= 11 is 13.2. The van der Waals surface area contributed by atoms with Crippen molar-refractivity contribution in [2.24, 2.45) is 7.05 Å². The van der Waals surface area contributed by atoms with Crippen molar-refractivity contribution in [3.8, 4) is 16.9 Å². The summed E-state index contributed by atoms with van der Waals surface area (Å²) < 4.78 is 10.1. The fraction of sp³-hybridized carbons (Fsp3) is 0.379. The molecule has 4 aromatic rings. The normalized spacial score (nSPS) is 15.2. The molecule has 0 fully saturated rings. The van der Waals surface area contributed by atoms with Gasteiger partial charge in [-0.15, -0.1) is 0 Å². The van der Waals surface area contributed by atoms with Crippen molar-refractivity contribution in [3.63, 3.8) is 0 Å². The van der Waals surface area contributed by atoms with Gasteiger partial charge < -0.3 is 14.6 Å². The van der Waals surface area contributed by atoms with Crippen molar-refractivity contribution in [1.29, 1.82) is 0 Å². The molecule has 3 heterocycles. The minimum absolute atomic E-state index is 0.0455. The van der Waals surface area contributed by atoms with Crippen LogP contribution in [-0.2, 0) is 13.5 Å². The predicted octanol–water partition coefficient (Wildman–Crippen LogP) is 6.90. The summed E-state index contributed by atoms with van der Waals surface area (Å²) in [5.41, 5.74) is 8.68. The molecule has 0 aliphatic carbocycles. The van der Waals surface area contributed by atoms with E-state index in [1.54, 1.807) is 0 Å². The zero-order valence-electron chi connectivity index (χ0n) is 22.1. The summed E-state index contributed by atoms with van der Waals surface area (Å²) in [4.78, 5) is 13.2. The van der Waals surface area contributed by atoms with E-state index in [1.165, 1.54) is 0 Å². The lowest BCUT2D eigenvalue weighted by molar-refractivity contribution is 0.0918. The van der Waals surface area contributed by atoms with Crippen LogP contribution in [0.2, 0.25) is 10.0 Å². The van der Waals surface area contributed by atoms with E-state index in [2.05, 4.69) is 34.9 Å². The fourth-order valence-electron chi connectivity index (χ4n) is 5.60. The van der Waals surface area contributed by atoms with Gasteiger partial charge in [0, 0.05) is 46.9 Å². The summed E-state index contributed by atoms with van der Waals surface area (Å²) in [6, 6.07) is 8.02. The number of carbonyl (C=O) groups excluding carboxylic acids is 1. The number of fused-ring (bicyclic) bond motifs is 3. The van der Waals surface area contributed by atoms with Crippen molar-refractivity contribution < 1.29 is 9.53 Å². The third-order valence-corrected chi connectivity index (χ3v) is 8.35. The van der Waals surface area contributed by atoms with Gasteiger partial charge in [-0.05, 0) is 82.3 Å². The van der Waals surface area contributed by atoms with Gasteiger partial charge >= 0.3 is 0 Å². The smallest absolute Gasteiger partial charge is 0.268 e. The average Bonchev–Trinajstić information content (AvgIpc) is 3.31. The highest BCUT2D eigenvalue weighted by molar-refractivity contribution is 6.35. The van der Waals surface area contributed by atoms with E-state index in [4.69, 9.17) is 27.9 Å². The Hall–Kier alpha value is -2.96. The quantitative estimate of drug-likeness (QED) is 0.271. The topological polar surface area (TPSA) is 61.1 Å². The minimum atomic E-state index is -0.0455. The van der Waals surface area contributed by atoms with Gasteiger partial charge in [-0.3, -0.25) is 9.48 Å². The maximum Gasteiger partial charge on any atom is 0.268 e. The molecule has 0 saturated carbocycles. The molecule has 5 rings (SSSR count). The van der Waals surface area contributed by atoms with E-state index in [-0.39, 0.29) is 11.9 Å². The Balaban J connectivity index is 1.57. The van der Waals surface area contributed by atoms with Gasteiger partial charge in [0.05, 0.1) is 22.8 Å². The Bertz CT molecular complexity index is 1530. The third-order valence-electron chi connectivity index (χ3n) is 7.44. The Morgan fingerprint density at radius 1 is 1.11 bits per heavy atom. The van der Waals surface area contributed by atoms with Gasteiger partial charge in [0.25, 0.3) is 5.91 Å². The van der Waals surface area contributed by atoms with Crippen LogP contribution in [0, 0.1) is 27.7 Å². The summed E-state index contributed by atoms with van der Waals surface area (Å²) in [6.45, 7) is 11.3. The molecule has 2 aromatic carbocycles. The highest BCUT2D eigenvalue weighted by Crippen LogP contribution is 2.43. The van der Waals surface area contributed by atoms with Crippen LogP contribution in [0.3, 0.4) is 0 Å². The second-order valence-electron chi connectivity index (χ2n) is 10.1. The van der Waals surface area contributed by atoms with E-state index < -0.39 is 0 Å². The van der Waals surface area contributed by atoms with Crippen molar-refractivity contribution in [2.75, 3.05) is 13.2 Å². The molecule has 0 unspecified atom stereocenters. The monoisotopic (exact) mass is 538 g/mol. The number of ether oxygens (including phenoxy) is 1. The van der Waals surface area contributed by atoms with E-state index in [1.807, 2.05) is 50.7 Å².